The fourth-order valence-electron chi connectivity index (χ4n) is 2.22. The maximum Gasteiger partial charge on any atom is 0.193 e. The molecular weight excluding hydrogens is 319 g/mol. The second-order valence-corrected chi connectivity index (χ2v) is 5.33. The molecule has 3 aromatic carbocycles. The Morgan fingerprint density at radius 1 is 0.850 bits per heavy atom. The number of benzene rings is 3. The van der Waals surface area contributed by atoms with Gasteiger partial charge < -0.3 is 0 Å². The van der Waals surface area contributed by atoms with Gasteiger partial charge in [-0.05, 0) is 47.2 Å². The molecule has 0 N–H and O–H groups in total. The zero-order chi connectivity index (χ0) is 14.1. The van der Waals surface area contributed by atoms with Gasteiger partial charge in [0.25, 0.3) is 0 Å². The molecule has 0 unspecified atom stereocenters. The number of ketones is 1. The van der Waals surface area contributed by atoms with Crippen LogP contribution in [0.15, 0.2) is 65.1 Å². The lowest BCUT2D eigenvalue weighted by Gasteiger charge is -2.07. The van der Waals surface area contributed by atoms with E-state index in [1.54, 1.807) is 6.07 Å². The van der Waals surface area contributed by atoms with E-state index in [1.807, 2.05) is 30.3 Å². The minimum atomic E-state index is -0.345. The van der Waals surface area contributed by atoms with Gasteiger partial charge >= 0.3 is 0 Å². The van der Waals surface area contributed by atoms with E-state index in [0.29, 0.717) is 11.1 Å². The third-order valence-electron chi connectivity index (χ3n) is 3.22. The lowest BCUT2D eigenvalue weighted by atomic mass is 9.97. The van der Waals surface area contributed by atoms with Gasteiger partial charge in [-0.25, -0.2) is 4.39 Å². The van der Waals surface area contributed by atoms with E-state index in [1.165, 1.54) is 24.3 Å². The van der Waals surface area contributed by atoms with Crippen LogP contribution in [0, 0.1) is 5.82 Å². The van der Waals surface area contributed by atoms with E-state index in [0.717, 1.165) is 15.2 Å². The summed E-state index contributed by atoms with van der Waals surface area (Å²) in [7, 11) is 0. The number of hydrogen-bond acceptors (Lipinski definition) is 1. The van der Waals surface area contributed by atoms with E-state index in [9.17, 15) is 9.18 Å². The summed E-state index contributed by atoms with van der Waals surface area (Å²) in [6.07, 6.45) is 0. The van der Waals surface area contributed by atoms with E-state index in [4.69, 9.17) is 0 Å². The van der Waals surface area contributed by atoms with Crippen LogP contribution in [0.3, 0.4) is 0 Å². The molecule has 98 valence electrons. The smallest absolute Gasteiger partial charge is 0.193 e. The molecule has 0 aromatic heterocycles. The molecule has 0 bridgehead atoms. The second kappa shape index (κ2) is 5.17. The molecule has 20 heavy (non-hydrogen) atoms. The maximum absolute atomic E-state index is 12.9. The summed E-state index contributed by atoms with van der Waals surface area (Å²) in [6, 6.07) is 17.0. The van der Waals surface area contributed by atoms with E-state index < -0.39 is 0 Å². The van der Waals surface area contributed by atoms with Crippen molar-refractivity contribution in [1.29, 1.82) is 0 Å². The Morgan fingerprint density at radius 3 is 2.20 bits per heavy atom. The molecular formula is C17H10BrFO. The average molecular weight is 329 g/mol. The minimum Gasteiger partial charge on any atom is -0.289 e. The molecule has 0 spiro atoms. The molecule has 0 saturated carbocycles. The molecule has 0 aliphatic heterocycles. The van der Waals surface area contributed by atoms with Gasteiger partial charge in [-0.2, -0.15) is 0 Å². The maximum atomic E-state index is 12.9. The largest absolute Gasteiger partial charge is 0.289 e. The van der Waals surface area contributed by atoms with Crippen molar-refractivity contribution in [1.82, 2.24) is 0 Å². The molecule has 0 atom stereocenters. The highest BCUT2D eigenvalue weighted by atomic mass is 79.9. The van der Waals surface area contributed by atoms with Crippen LogP contribution in [-0.4, -0.2) is 5.78 Å². The Labute approximate surface area is 124 Å². The minimum absolute atomic E-state index is 0.103. The highest BCUT2D eigenvalue weighted by molar-refractivity contribution is 9.10. The van der Waals surface area contributed by atoms with Gasteiger partial charge in [-0.15, -0.1) is 0 Å². The van der Waals surface area contributed by atoms with Crippen molar-refractivity contribution in [3.8, 4) is 0 Å². The summed E-state index contributed by atoms with van der Waals surface area (Å²) >= 11 is 3.49. The van der Waals surface area contributed by atoms with Crippen molar-refractivity contribution in [2.75, 3.05) is 0 Å². The summed E-state index contributed by atoms with van der Waals surface area (Å²) in [5.74, 6) is -0.448. The first-order valence-corrected chi connectivity index (χ1v) is 6.93. The van der Waals surface area contributed by atoms with E-state index in [-0.39, 0.29) is 11.6 Å². The molecule has 1 nitrogen and oxygen atoms in total. The van der Waals surface area contributed by atoms with Crippen LogP contribution in [0.4, 0.5) is 4.39 Å². The van der Waals surface area contributed by atoms with Crippen LogP contribution in [0.25, 0.3) is 10.8 Å². The van der Waals surface area contributed by atoms with Gasteiger partial charge in [0.05, 0.1) is 0 Å². The number of hydrogen-bond donors (Lipinski definition) is 0. The second-order valence-electron chi connectivity index (χ2n) is 4.48. The first kappa shape index (κ1) is 13.0. The lowest BCUT2D eigenvalue weighted by molar-refractivity contribution is 0.104. The first-order valence-electron chi connectivity index (χ1n) is 6.14. The topological polar surface area (TPSA) is 17.1 Å². The van der Waals surface area contributed by atoms with Gasteiger partial charge in [0.15, 0.2) is 5.78 Å². The quantitative estimate of drug-likeness (QED) is 0.607. The van der Waals surface area contributed by atoms with Crippen molar-refractivity contribution in [3.63, 3.8) is 0 Å². The van der Waals surface area contributed by atoms with Crippen molar-refractivity contribution < 1.29 is 9.18 Å². The highest BCUT2D eigenvalue weighted by Gasteiger charge is 2.13. The molecule has 3 rings (SSSR count). The third kappa shape index (κ3) is 2.25. The van der Waals surface area contributed by atoms with Crippen LogP contribution in [0.5, 0.6) is 0 Å². The average Bonchev–Trinajstić information content (AvgIpc) is 2.48. The van der Waals surface area contributed by atoms with Crippen molar-refractivity contribution in [2.24, 2.45) is 0 Å². The van der Waals surface area contributed by atoms with Crippen LogP contribution in [0.1, 0.15) is 15.9 Å². The van der Waals surface area contributed by atoms with Gasteiger partial charge in [0.2, 0.25) is 0 Å². The Balaban J connectivity index is 2.17. The van der Waals surface area contributed by atoms with E-state index in [2.05, 4.69) is 15.9 Å². The van der Waals surface area contributed by atoms with Crippen LogP contribution in [-0.2, 0) is 0 Å². The Kier molecular flexibility index (Phi) is 3.36. The van der Waals surface area contributed by atoms with Crippen molar-refractivity contribution in [2.45, 2.75) is 0 Å². The molecule has 0 aliphatic rings. The highest BCUT2D eigenvalue weighted by Crippen LogP contribution is 2.28. The standard InChI is InChI=1S/C17H10BrFO/c18-16-10-9-15(13-3-1-2-4-14(13)16)17(20)11-5-7-12(19)8-6-11/h1-10H. The van der Waals surface area contributed by atoms with E-state index >= 15 is 0 Å². The Morgan fingerprint density at radius 2 is 1.50 bits per heavy atom. The predicted molar refractivity (Wildman–Crippen MR) is 81.5 cm³/mol. The van der Waals surface area contributed by atoms with Crippen LogP contribution < -0.4 is 0 Å². The molecule has 3 aromatic rings. The van der Waals surface area contributed by atoms with Crippen LogP contribution in [0.2, 0.25) is 0 Å². The molecule has 0 saturated heterocycles. The summed E-state index contributed by atoms with van der Waals surface area (Å²) in [6.45, 7) is 0. The fraction of sp³-hybridized carbons (Fsp3) is 0. The van der Waals surface area contributed by atoms with Crippen LogP contribution >= 0.6 is 15.9 Å². The van der Waals surface area contributed by atoms with Gasteiger partial charge in [-0.1, -0.05) is 40.2 Å². The van der Waals surface area contributed by atoms with Crippen molar-refractivity contribution in [3.05, 3.63) is 82.1 Å². The number of carbonyl (C=O) groups excluding carboxylic acids is 1. The zero-order valence-electron chi connectivity index (χ0n) is 10.4. The summed E-state index contributed by atoms with van der Waals surface area (Å²) in [5, 5.41) is 1.87. The summed E-state index contributed by atoms with van der Waals surface area (Å²) < 4.78 is 13.9. The molecule has 3 heteroatoms. The number of fused-ring (bicyclic) bond motifs is 1. The molecule has 0 fully saturated rings. The first-order chi connectivity index (χ1) is 9.66. The molecule has 0 heterocycles. The lowest BCUT2D eigenvalue weighted by Crippen LogP contribution is -2.02. The third-order valence-corrected chi connectivity index (χ3v) is 3.91. The summed E-state index contributed by atoms with van der Waals surface area (Å²) in [4.78, 5) is 12.5. The zero-order valence-corrected chi connectivity index (χ0v) is 12.0. The van der Waals surface area contributed by atoms with Gasteiger partial charge in [0.1, 0.15) is 5.82 Å². The number of halogens is 2. The Hall–Kier alpha value is -2.00. The predicted octanol–water partition coefficient (Wildman–Crippen LogP) is 4.97. The molecule has 0 aliphatic carbocycles. The van der Waals surface area contributed by atoms with Crippen molar-refractivity contribution >= 4 is 32.5 Å². The number of rotatable bonds is 2. The normalized spacial score (nSPS) is 10.7. The summed E-state index contributed by atoms with van der Waals surface area (Å²) in [5.41, 5.74) is 1.11. The SMILES string of the molecule is O=C(c1ccc(F)cc1)c1ccc(Br)c2ccccc12. The monoisotopic (exact) mass is 328 g/mol. The fourth-order valence-corrected chi connectivity index (χ4v) is 2.69. The Bertz CT molecular complexity index is 794. The van der Waals surface area contributed by atoms with Gasteiger partial charge in [-0.3, -0.25) is 4.79 Å². The van der Waals surface area contributed by atoms with Gasteiger partial charge in [0, 0.05) is 15.6 Å². The molecule has 0 radical (unpaired) electrons. The number of carbonyl (C=O) groups is 1. The molecule has 0 amide bonds.